The first kappa shape index (κ1) is 85.1. The molecule has 516 valence electrons. The van der Waals surface area contributed by atoms with Gasteiger partial charge >= 0.3 is 39.5 Å². The summed E-state index contributed by atoms with van der Waals surface area (Å²) < 4.78 is 68.2. The van der Waals surface area contributed by atoms with Crippen molar-refractivity contribution in [3.05, 3.63) is 0 Å². The zero-order valence-electron chi connectivity index (χ0n) is 56.3. The molecule has 5 atom stereocenters. The van der Waals surface area contributed by atoms with Gasteiger partial charge < -0.3 is 33.8 Å². The van der Waals surface area contributed by atoms with E-state index in [9.17, 15) is 43.2 Å². The van der Waals surface area contributed by atoms with Gasteiger partial charge in [-0.05, 0) is 37.5 Å². The van der Waals surface area contributed by atoms with E-state index in [1.807, 2.05) is 0 Å². The molecule has 0 saturated carbocycles. The summed E-state index contributed by atoms with van der Waals surface area (Å²) >= 11 is 0. The van der Waals surface area contributed by atoms with Crippen LogP contribution in [-0.4, -0.2) is 96.7 Å². The lowest BCUT2D eigenvalue weighted by atomic mass is 10.0. The Labute approximate surface area is 530 Å². The minimum Gasteiger partial charge on any atom is -0.462 e. The maximum absolute atomic E-state index is 13.0. The lowest BCUT2D eigenvalue weighted by Crippen LogP contribution is -2.30. The molecule has 2 unspecified atom stereocenters. The van der Waals surface area contributed by atoms with Crippen LogP contribution >= 0.6 is 15.6 Å². The maximum atomic E-state index is 13.0. The number of aliphatic hydroxyl groups excluding tert-OH is 1. The van der Waals surface area contributed by atoms with E-state index in [0.717, 1.165) is 102 Å². The van der Waals surface area contributed by atoms with Gasteiger partial charge in [-0.2, -0.15) is 0 Å². The van der Waals surface area contributed by atoms with Crippen LogP contribution in [0.5, 0.6) is 0 Å². The molecule has 3 N–H and O–H groups in total. The van der Waals surface area contributed by atoms with Crippen LogP contribution < -0.4 is 0 Å². The van der Waals surface area contributed by atoms with Gasteiger partial charge in [-0.25, -0.2) is 9.13 Å². The van der Waals surface area contributed by atoms with E-state index in [-0.39, 0.29) is 25.7 Å². The van der Waals surface area contributed by atoms with Crippen molar-refractivity contribution in [3.8, 4) is 0 Å². The highest BCUT2D eigenvalue weighted by molar-refractivity contribution is 7.47. The third-order valence-electron chi connectivity index (χ3n) is 15.7. The SMILES string of the molecule is CCCCCCCCCCCCCCC(=O)O[C@H](COC(=O)CCCCCCCCCCC)COP(=O)(O)OC[C@H](O)COP(=O)(O)OC[C@@H](COC(=O)CCCCCCCCCCCC(C)C)OC(=O)CCCCCCCCCCCCCC(C)C. The molecule has 0 aliphatic heterocycles. The zero-order chi connectivity index (χ0) is 64.3. The summed E-state index contributed by atoms with van der Waals surface area (Å²) in [6.07, 6.45) is 44.3. The first-order valence-electron chi connectivity index (χ1n) is 35.5. The van der Waals surface area contributed by atoms with Crippen LogP contribution in [0.1, 0.15) is 343 Å². The number of hydrogen-bond donors (Lipinski definition) is 3. The molecule has 0 aliphatic rings. The number of carbonyl (C=O) groups is 4. The zero-order valence-corrected chi connectivity index (χ0v) is 58.1. The number of phosphoric acid groups is 2. The van der Waals surface area contributed by atoms with Crippen molar-refractivity contribution in [2.24, 2.45) is 11.8 Å². The normalized spacial score (nSPS) is 14.2. The quantitative estimate of drug-likeness (QED) is 0.0222. The summed E-state index contributed by atoms with van der Waals surface area (Å²) in [6, 6.07) is 0. The fourth-order valence-corrected chi connectivity index (χ4v) is 11.8. The van der Waals surface area contributed by atoms with E-state index in [1.54, 1.807) is 0 Å². The van der Waals surface area contributed by atoms with Gasteiger partial charge in [-0.15, -0.1) is 0 Å². The van der Waals surface area contributed by atoms with Crippen molar-refractivity contribution in [3.63, 3.8) is 0 Å². The molecule has 0 spiro atoms. The summed E-state index contributed by atoms with van der Waals surface area (Å²) in [5, 5.41) is 10.6. The molecule has 0 fully saturated rings. The Bertz CT molecular complexity index is 1700. The van der Waals surface area contributed by atoms with Crippen LogP contribution in [0.3, 0.4) is 0 Å². The summed E-state index contributed by atoms with van der Waals surface area (Å²) in [7, 11) is -9.89. The van der Waals surface area contributed by atoms with Crippen molar-refractivity contribution in [1.29, 1.82) is 0 Å². The molecule has 0 rings (SSSR count). The van der Waals surface area contributed by atoms with Gasteiger partial charge in [0.1, 0.15) is 19.3 Å². The van der Waals surface area contributed by atoms with Crippen molar-refractivity contribution in [1.82, 2.24) is 0 Å². The van der Waals surface area contributed by atoms with Crippen LogP contribution in [0.2, 0.25) is 0 Å². The number of unbranched alkanes of at least 4 members (excludes halogenated alkanes) is 37. The molecule has 0 aromatic rings. The molecule has 0 radical (unpaired) electrons. The van der Waals surface area contributed by atoms with Gasteiger partial charge in [0, 0.05) is 25.7 Å². The largest absolute Gasteiger partial charge is 0.472 e. The van der Waals surface area contributed by atoms with Crippen LogP contribution in [-0.2, 0) is 65.4 Å². The molecule has 87 heavy (non-hydrogen) atoms. The summed E-state index contributed by atoms with van der Waals surface area (Å²) in [4.78, 5) is 72.4. The van der Waals surface area contributed by atoms with Gasteiger partial charge in [-0.1, -0.05) is 292 Å². The lowest BCUT2D eigenvalue weighted by molar-refractivity contribution is -0.161. The third kappa shape index (κ3) is 62.6. The standard InChI is InChI=1S/C68H132O17P2/c1-7-9-11-13-15-17-18-21-27-34-40-46-52-67(72)84-63(56-78-65(70)50-44-38-32-24-16-14-12-10-8-2)58-82-86(74,75)80-54-62(69)55-81-87(76,77)83-59-64(57-79-66(71)51-45-39-33-29-23-26-31-37-43-49-61(5)6)85-68(73)53-47-41-35-28-22-19-20-25-30-36-42-48-60(3)4/h60-64,69H,7-59H2,1-6H3,(H,74,75)(H,76,77)/t62-,63+,64+/m0/s1. The number of aliphatic hydroxyl groups is 1. The van der Waals surface area contributed by atoms with Crippen LogP contribution in [0.25, 0.3) is 0 Å². The Morgan fingerprint density at radius 1 is 0.310 bits per heavy atom. The number of carbonyl (C=O) groups excluding carboxylic acids is 4. The fraction of sp³-hybridized carbons (Fsp3) is 0.941. The number of hydrogen-bond acceptors (Lipinski definition) is 15. The minimum absolute atomic E-state index is 0.106. The Kier molecular flexibility index (Phi) is 59.0. The first-order chi connectivity index (χ1) is 41.9. The van der Waals surface area contributed by atoms with E-state index in [1.165, 1.54) is 161 Å². The highest BCUT2D eigenvalue weighted by Crippen LogP contribution is 2.45. The molecule has 0 heterocycles. The van der Waals surface area contributed by atoms with E-state index >= 15 is 0 Å². The van der Waals surface area contributed by atoms with E-state index in [0.29, 0.717) is 25.7 Å². The number of phosphoric ester groups is 2. The second-order valence-electron chi connectivity index (χ2n) is 25.5. The van der Waals surface area contributed by atoms with Crippen LogP contribution in [0.4, 0.5) is 0 Å². The van der Waals surface area contributed by atoms with Gasteiger partial charge in [0.2, 0.25) is 0 Å². The van der Waals surface area contributed by atoms with E-state index < -0.39 is 97.5 Å². The molecule has 0 aromatic carbocycles. The smallest absolute Gasteiger partial charge is 0.462 e. The average Bonchev–Trinajstić information content (AvgIpc) is 3.70. The average molecular weight is 1280 g/mol. The molecule has 17 nitrogen and oxygen atoms in total. The Balaban J connectivity index is 5.24. The van der Waals surface area contributed by atoms with E-state index in [2.05, 4.69) is 41.5 Å². The van der Waals surface area contributed by atoms with Gasteiger partial charge in [-0.3, -0.25) is 37.3 Å². The molecule has 19 heteroatoms. The monoisotopic (exact) mass is 1280 g/mol. The van der Waals surface area contributed by atoms with Crippen LogP contribution in [0, 0.1) is 11.8 Å². The van der Waals surface area contributed by atoms with Gasteiger partial charge in [0.25, 0.3) is 0 Å². The van der Waals surface area contributed by atoms with Crippen molar-refractivity contribution < 1.29 is 80.2 Å². The molecule has 0 amide bonds. The molecular weight excluding hydrogens is 1150 g/mol. The summed E-state index contributed by atoms with van der Waals surface area (Å²) in [5.41, 5.74) is 0. The lowest BCUT2D eigenvalue weighted by Gasteiger charge is -2.21. The first-order valence-corrected chi connectivity index (χ1v) is 38.5. The maximum Gasteiger partial charge on any atom is 0.472 e. The number of rotatable bonds is 67. The highest BCUT2D eigenvalue weighted by atomic mass is 31.2. The summed E-state index contributed by atoms with van der Waals surface area (Å²) in [5.74, 6) is -0.618. The highest BCUT2D eigenvalue weighted by Gasteiger charge is 2.30. The summed E-state index contributed by atoms with van der Waals surface area (Å²) in [6.45, 7) is 9.50. The van der Waals surface area contributed by atoms with Crippen molar-refractivity contribution >= 4 is 39.5 Å². The predicted octanol–water partition coefficient (Wildman–Crippen LogP) is 19.2. The van der Waals surface area contributed by atoms with Gasteiger partial charge in [0.05, 0.1) is 26.4 Å². The number of esters is 4. The molecule has 0 aliphatic carbocycles. The number of ether oxygens (including phenoxy) is 4. The fourth-order valence-electron chi connectivity index (χ4n) is 10.2. The Hall–Kier alpha value is -1.94. The van der Waals surface area contributed by atoms with Crippen LogP contribution in [0.15, 0.2) is 0 Å². The molecule has 0 aromatic heterocycles. The van der Waals surface area contributed by atoms with Crippen molar-refractivity contribution in [2.75, 3.05) is 39.6 Å². The molecular formula is C68H132O17P2. The Morgan fingerprint density at radius 2 is 0.529 bits per heavy atom. The van der Waals surface area contributed by atoms with E-state index in [4.69, 9.17) is 37.0 Å². The second-order valence-corrected chi connectivity index (χ2v) is 28.4. The minimum atomic E-state index is -4.95. The second kappa shape index (κ2) is 60.3. The molecule has 0 bridgehead atoms. The molecule has 0 saturated heterocycles. The Morgan fingerprint density at radius 3 is 0.782 bits per heavy atom. The third-order valence-corrected chi connectivity index (χ3v) is 17.6. The predicted molar refractivity (Wildman–Crippen MR) is 349 cm³/mol. The van der Waals surface area contributed by atoms with Crippen molar-refractivity contribution in [2.45, 2.75) is 362 Å². The van der Waals surface area contributed by atoms with Gasteiger partial charge in [0.15, 0.2) is 12.2 Å². The topological polar surface area (TPSA) is 237 Å².